The normalized spacial score (nSPS) is 17.7. The van der Waals surface area contributed by atoms with E-state index in [0.29, 0.717) is 12.4 Å². The number of aryl methyl sites for hydroxylation is 2. The summed E-state index contributed by atoms with van der Waals surface area (Å²) in [5, 5.41) is 7.70. The van der Waals surface area contributed by atoms with E-state index in [1.807, 2.05) is 91.0 Å². The van der Waals surface area contributed by atoms with Gasteiger partial charge in [0.1, 0.15) is 23.1 Å². The second-order valence-corrected chi connectivity index (χ2v) is 14.8. The van der Waals surface area contributed by atoms with E-state index in [1.54, 1.807) is 11.8 Å². The van der Waals surface area contributed by atoms with E-state index in [2.05, 4.69) is 25.6 Å². The van der Waals surface area contributed by atoms with Crippen LogP contribution in [-0.2, 0) is 52.4 Å². The van der Waals surface area contributed by atoms with Crippen LogP contribution in [0.2, 0.25) is 0 Å². The van der Waals surface area contributed by atoms with Crippen molar-refractivity contribution in [2.24, 2.45) is 4.36 Å². The van der Waals surface area contributed by atoms with Crippen LogP contribution in [0.4, 0.5) is 10.5 Å². The van der Waals surface area contributed by atoms with Crippen LogP contribution < -0.4 is 14.8 Å². The summed E-state index contributed by atoms with van der Waals surface area (Å²) in [7, 11) is -2.20. The second kappa shape index (κ2) is 12.9. The number of carbonyl (C=O) groups is 1. The number of aromatic nitrogens is 2. The van der Waals surface area contributed by atoms with Gasteiger partial charge >= 0.3 is 6.03 Å². The average Bonchev–Trinajstić information content (AvgIpc) is 3.92. The van der Waals surface area contributed by atoms with Crippen molar-refractivity contribution in [3.63, 3.8) is 0 Å². The Morgan fingerprint density at radius 1 is 0.878 bits per heavy atom. The Morgan fingerprint density at radius 3 is 1.96 bits per heavy atom. The van der Waals surface area contributed by atoms with Gasteiger partial charge in [0.05, 0.1) is 12.7 Å². The van der Waals surface area contributed by atoms with Gasteiger partial charge in [-0.3, -0.25) is 0 Å². The first kappa shape index (κ1) is 31.5. The number of nitrogens with one attached hydrogen (secondary N) is 2. The number of amides is 2. The molecule has 0 saturated carbocycles. The smallest absolute Gasteiger partial charge is 0.354 e. The van der Waals surface area contributed by atoms with Crippen molar-refractivity contribution in [3.05, 3.63) is 142 Å². The molecule has 49 heavy (non-hydrogen) atoms. The highest BCUT2D eigenvalue weighted by Gasteiger charge is 2.42. The molecule has 2 amide bonds. The molecule has 0 spiro atoms. The lowest BCUT2D eigenvalue weighted by molar-refractivity contribution is 0.0165. The summed E-state index contributed by atoms with van der Waals surface area (Å²) in [5.41, 5.74) is 7.06. The molecule has 5 aromatic rings. The number of benzene rings is 4. The van der Waals surface area contributed by atoms with Gasteiger partial charge in [-0.1, -0.05) is 97.1 Å². The van der Waals surface area contributed by atoms with Crippen LogP contribution >= 0.6 is 0 Å². The number of fused-ring (bicyclic) bond motifs is 3. The predicted octanol–water partition coefficient (Wildman–Crippen LogP) is 6.82. The Bertz CT molecular complexity index is 2000. The van der Waals surface area contributed by atoms with Crippen LogP contribution in [0.1, 0.15) is 51.8 Å². The molecule has 0 bridgehead atoms. The zero-order valence-electron chi connectivity index (χ0n) is 27.4. The molecule has 0 unspecified atom stereocenters. The molecule has 8 rings (SSSR count). The van der Waals surface area contributed by atoms with Crippen molar-refractivity contribution < 1.29 is 18.5 Å². The standard InChI is InChI=1S/C39H39N5O4S/c1-47-32-25-44-37(48-26-32)35(24-40-44)49(46,42-38(45)41-36-33-21-11-13-27(33)23-28-14-12-22-34(28)36)43-39(29-15-5-2-6-16-29,30-17-7-3-8-18-30)31-19-9-4-10-20-31/h2-10,15-20,23-24,32H,11-14,21-22,25-26H2,1H3,(H2,41,42,43,45,46)/t32-,49+/m0/s1. The van der Waals surface area contributed by atoms with E-state index in [1.165, 1.54) is 28.5 Å². The molecule has 4 aromatic carbocycles. The summed E-state index contributed by atoms with van der Waals surface area (Å²) >= 11 is 0. The Balaban J connectivity index is 1.33. The Kier molecular flexibility index (Phi) is 8.31. The van der Waals surface area contributed by atoms with E-state index >= 15 is 4.21 Å². The second-order valence-electron chi connectivity index (χ2n) is 12.9. The molecule has 0 radical (unpaired) electrons. The van der Waals surface area contributed by atoms with E-state index in [9.17, 15) is 4.79 Å². The molecule has 2 aliphatic carbocycles. The molecule has 1 aromatic heterocycles. The third-order valence-electron chi connectivity index (χ3n) is 10.0. The first-order chi connectivity index (χ1) is 24.0. The van der Waals surface area contributed by atoms with Crippen LogP contribution in [0.25, 0.3) is 0 Å². The zero-order valence-corrected chi connectivity index (χ0v) is 28.2. The molecular weight excluding hydrogens is 635 g/mol. The molecule has 1 aliphatic heterocycles. The maximum atomic E-state index is 16.0. The average molecular weight is 674 g/mol. The fraction of sp³-hybridized carbons (Fsp3) is 0.282. The van der Waals surface area contributed by atoms with Gasteiger partial charge in [0.25, 0.3) is 0 Å². The van der Waals surface area contributed by atoms with Crippen LogP contribution in [0, 0.1) is 0 Å². The van der Waals surface area contributed by atoms with E-state index in [-0.39, 0.29) is 17.6 Å². The molecule has 10 heteroatoms. The molecule has 0 fully saturated rings. The van der Waals surface area contributed by atoms with Crippen LogP contribution in [-0.4, -0.2) is 39.8 Å². The van der Waals surface area contributed by atoms with Crippen LogP contribution in [0.5, 0.6) is 5.88 Å². The number of ether oxygens (including phenoxy) is 2. The largest absolute Gasteiger partial charge is 0.474 e. The van der Waals surface area contributed by atoms with Crippen molar-refractivity contribution in [3.8, 4) is 5.88 Å². The van der Waals surface area contributed by atoms with Crippen molar-refractivity contribution in [2.45, 2.75) is 61.6 Å². The fourth-order valence-corrected chi connectivity index (χ4v) is 9.56. The van der Waals surface area contributed by atoms with Crippen molar-refractivity contribution >= 4 is 21.6 Å². The van der Waals surface area contributed by atoms with Gasteiger partial charge in [0, 0.05) is 12.8 Å². The van der Waals surface area contributed by atoms with E-state index < -0.39 is 21.5 Å². The van der Waals surface area contributed by atoms with Gasteiger partial charge in [-0.25, -0.2) is 18.4 Å². The quantitative estimate of drug-likeness (QED) is 0.176. The molecule has 250 valence electrons. The Morgan fingerprint density at radius 2 is 1.43 bits per heavy atom. The van der Waals surface area contributed by atoms with Crippen molar-refractivity contribution in [2.75, 3.05) is 19.0 Å². The minimum absolute atomic E-state index is 0.202. The van der Waals surface area contributed by atoms with Crippen molar-refractivity contribution in [1.29, 1.82) is 0 Å². The summed E-state index contributed by atoms with van der Waals surface area (Å²) in [6.45, 7) is 0.664. The SMILES string of the molecule is CO[C@@H]1COc2c([S@@](=O)(=NC(=O)Nc3c4c(cc5c3CCC5)CCC4)NC(c3ccccc3)(c3ccccc3)c3ccccc3)cnn2C1. The highest BCUT2D eigenvalue weighted by molar-refractivity contribution is 7.92. The minimum atomic E-state index is -3.83. The van der Waals surface area contributed by atoms with Gasteiger partial charge in [-0.15, -0.1) is 4.36 Å². The fourth-order valence-electron chi connectivity index (χ4n) is 7.67. The first-order valence-electron chi connectivity index (χ1n) is 16.9. The number of carbonyl (C=O) groups excluding carboxylic acids is 1. The summed E-state index contributed by atoms with van der Waals surface area (Å²) < 4.78 is 37.4. The number of hydrogen-bond donors (Lipinski definition) is 2. The number of rotatable bonds is 8. The van der Waals surface area contributed by atoms with Crippen LogP contribution in [0.3, 0.4) is 0 Å². The lowest BCUT2D eigenvalue weighted by atomic mass is 9.78. The number of anilines is 1. The Hall–Kier alpha value is -4.77. The maximum Gasteiger partial charge on any atom is 0.354 e. The summed E-state index contributed by atoms with van der Waals surface area (Å²) in [4.78, 5) is 14.5. The minimum Gasteiger partial charge on any atom is -0.474 e. The van der Waals surface area contributed by atoms with E-state index in [4.69, 9.17) is 9.47 Å². The first-order valence-corrected chi connectivity index (χ1v) is 18.4. The zero-order chi connectivity index (χ0) is 33.4. The maximum absolute atomic E-state index is 16.0. The predicted molar refractivity (Wildman–Crippen MR) is 189 cm³/mol. The summed E-state index contributed by atoms with van der Waals surface area (Å²) in [6.07, 6.45) is 7.17. The van der Waals surface area contributed by atoms with Crippen molar-refractivity contribution in [1.82, 2.24) is 14.5 Å². The highest BCUT2D eigenvalue weighted by Crippen LogP contribution is 2.41. The van der Waals surface area contributed by atoms with Gasteiger partial charge in [-0.2, -0.15) is 5.10 Å². The van der Waals surface area contributed by atoms with Gasteiger partial charge in [-0.05, 0) is 77.5 Å². The molecule has 2 atom stereocenters. The number of hydrogen-bond acceptors (Lipinski definition) is 5. The number of nitrogens with zero attached hydrogens (tertiary/aromatic N) is 3. The third-order valence-corrected chi connectivity index (χ3v) is 11.9. The molecule has 2 heterocycles. The van der Waals surface area contributed by atoms with Gasteiger partial charge < -0.3 is 14.8 Å². The lowest BCUT2D eigenvalue weighted by Gasteiger charge is -2.37. The van der Waals surface area contributed by atoms with Gasteiger partial charge in [0.2, 0.25) is 5.88 Å². The lowest BCUT2D eigenvalue weighted by Crippen LogP contribution is -2.48. The van der Waals surface area contributed by atoms with Gasteiger partial charge in [0.15, 0.2) is 9.92 Å². The van der Waals surface area contributed by atoms with Crippen LogP contribution in [0.15, 0.2) is 113 Å². The molecule has 0 saturated heterocycles. The summed E-state index contributed by atoms with van der Waals surface area (Å²) in [6, 6.07) is 31.2. The topological polar surface area (TPSA) is 107 Å². The molecule has 9 nitrogen and oxygen atoms in total. The third kappa shape index (κ3) is 5.63. The monoisotopic (exact) mass is 673 g/mol. The number of urea groups is 1. The summed E-state index contributed by atoms with van der Waals surface area (Å²) in [5.74, 6) is 0.298. The van der Waals surface area contributed by atoms with E-state index in [0.717, 1.165) is 60.9 Å². The molecule has 2 N–H and O–H groups in total. The highest BCUT2D eigenvalue weighted by atomic mass is 32.2. The number of methoxy groups -OCH3 is 1. The Labute approximate surface area is 287 Å². The molecular formula is C39H39N5O4S. The molecule has 3 aliphatic rings.